The van der Waals surface area contributed by atoms with Crippen molar-refractivity contribution in [3.05, 3.63) is 54.1 Å². The fourth-order valence-electron chi connectivity index (χ4n) is 4.83. The number of imide groups is 1. The van der Waals surface area contributed by atoms with Gasteiger partial charge in [0.1, 0.15) is 18.0 Å². The quantitative estimate of drug-likeness (QED) is 0.584. The van der Waals surface area contributed by atoms with Gasteiger partial charge in [-0.15, -0.1) is 0 Å². The Balaban J connectivity index is 1.24. The minimum absolute atomic E-state index is 0.106. The summed E-state index contributed by atoms with van der Waals surface area (Å²) in [5, 5.41) is 2.78. The molecule has 11 nitrogen and oxygen atoms in total. The van der Waals surface area contributed by atoms with Crippen molar-refractivity contribution in [2.75, 3.05) is 46.4 Å². The Kier molecular flexibility index (Phi) is 6.08. The second-order valence-corrected chi connectivity index (χ2v) is 10.7. The van der Waals surface area contributed by atoms with E-state index in [1.54, 1.807) is 36.4 Å². The average Bonchev–Trinajstić information content (AvgIpc) is 3.13. The van der Waals surface area contributed by atoms with E-state index in [1.807, 2.05) is 0 Å². The molecule has 0 bridgehead atoms. The van der Waals surface area contributed by atoms with Gasteiger partial charge in [-0.3, -0.25) is 14.5 Å². The number of hydrogen-bond acceptors (Lipinski definition) is 7. The van der Waals surface area contributed by atoms with Gasteiger partial charge in [0.15, 0.2) is 5.54 Å². The summed E-state index contributed by atoms with van der Waals surface area (Å²) in [5.41, 5.74) is -0.681. The smallest absolute Gasteiger partial charge is 0.325 e. The molecule has 0 aliphatic carbocycles. The minimum atomic E-state index is -3.72. The van der Waals surface area contributed by atoms with E-state index in [2.05, 4.69) is 5.32 Å². The first kappa shape index (κ1) is 24.1. The standard InChI is InChI=1S/C24H26N4O7S/c1-34-17-6-8-18(9-7-17)36(32,33)27-13-11-26(12-14-27)21(29)16-28-22(30)24(25-23(28)31)10-15-35-20-5-3-2-4-19(20)24/h2-9H,10-16H2,1H3,(H,25,31)/t24-/m1/s1. The summed E-state index contributed by atoms with van der Waals surface area (Å²) < 4.78 is 38.0. The number of sulfonamides is 1. The molecule has 3 aliphatic rings. The normalized spacial score (nSPS) is 22.2. The molecule has 0 aromatic heterocycles. The van der Waals surface area contributed by atoms with E-state index in [-0.39, 0.29) is 44.1 Å². The number of benzene rings is 2. The third kappa shape index (κ3) is 3.95. The van der Waals surface area contributed by atoms with Crippen molar-refractivity contribution in [3.8, 4) is 11.5 Å². The first-order valence-electron chi connectivity index (χ1n) is 11.5. The summed E-state index contributed by atoms with van der Waals surface area (Å²) in [6.07, 6.45) is 0.265. The van der Waals surface area contributed by atoms with Gasteiger partial charge in [0, 0.05) is 38.2 Å². The molecule has 190 valence electrons. The topological polar surface area (TPSA) is 126 Å². The number of urea groups is 1. The molecule has 3 heterocycles. The highest BCUT2D eigenvalue weighted by atomic mass is 32.2. The maximum absolute atomic E-state index is 13.4. The molecule has 2 aromatic rings. The Bertz CT molecular complexity index is 1310. The number of methoxy groups -OCH3 is 1. The number of fused-ring (bicyclic) bond motifs is 2. The van der Waals surface area contributed by atoms with Crippen molar-refractivity contribution < 1.29 is 32.3 Å². The van der Waals surface area contributed by atoms with Gasteiger partial charge in [-0.2, -0.15) is 4.31 Å². The third-order valence-electron chi connectivity index (χ3n) is 6.84. The van der Waals surface area contributed by atoms with Gasteiger partial charge >= 0.3 is 6.03 Å². The summed E-state index contributed by atoms with van der Waals surface area (Å²) in [6, 6.07) is 12.5. The van der Waals surface area contributed by atoms with Gasteiger partial charge in [0.05, 0.1) is 18.6 Å². The third-order valence-corrected chi connectivity index (χ3v) is 8.75. The summed E-state index contributed by atoms with van der Waals surface area (Å²) in [7, 11) is -2.22. The van der Waals surface area contributed by atoms with Gasteiger partial charge in [-0.1, -0.05) is 18.2 Å². The molecule has 1 N–H and O–H groups in total. The fraction of sp³-hybridized carbons (Fsp3) is 0.375. The lowest BCUT2D eigenvalue weighted by molar-refractivity contribution is -0.140. The summed E-state index contributed by atoms with van der Waals surface area (Å²) in [4.78, 5) is 41.7. The number of amides is 4. The number of rotatable bonds is 5. The average molecular weight is 515 g/mol. The molecule has 2 aromatic carbocycles. The van der Waals surface area contributed by atoms with Crippen molar-refractivity contribution in [2.24, 2.45) is 0 Å². The highest BCUT2D eigenvalue weighted by molar-refractivity contribution is 7.89. The van der Waals surface area contributed by atoms with E-state index in [4.69, 9.17) is 9.47 Å². The van der Waals surface area contributed by atoms with E-state index in [0.29, 0.717) is 17.1 Å². The van der Waals surface area contributed by atoms with Crippen LogP contribution in [0.15, 0.2) is 53.4 Å². The molecule has 0 unspecified atom stereocenters. The van der Waals surface area contributed by atoms with Crippen molar-refractivity contribution in [1.29, 1.82) is 0 Å². The summed E-state index contributed by atoms with van der Waals surface area (Å²) in [5.74, 6) is 0.172. The fourth-order valence-corrected chi connectivity index (χ4v) is 6.25. The molecule has 36 heavy (non-hydrogen) atoms. The van der Waals surface area contributed by atoms with Crippen LogP contribution in [-0.4, -0.2) is 86.8 Å². The van der Waals surface area contributed by atoms with E-state index >= 15 is 0 Å². The van der Waals surface area contributed by atoms with Crippen LogP contribution < -0.4 is 14.8 Å². The Morgan fingerprint density at radius 1 is 1.06 bits per heavy atom. The van der Waals surface area contributed by atoms with Crippen LogP contribution >= 0.6 is 0 Å². The second-order valence-electron chi connectivity index (χ2n) is 8.78. The molecular weight excluding hydrogens is 488 g/mol. The molecule has 2 fully saturated rings. The summed E-state index contributed by atoms with van der Waals surface area (Å²) >= 11 is 0. The van der Waals surface area contributed by atoms with Crippen molar-refractivity contribution in [2.45, 2.75) is 16.9 Å². The minimum Gasteiger partial charge on any atom is -0.497 e. The molecule has 5 rings (SSSR count). The maximum atomic E-state index is 13.4. The second kappa shape index (κ2) is 9.10. The van der Waals surface area contributed by atoms with Crippen molar-refractivity contribution in [3.63, 3.8) is 0 Å². The lowest BCUT2D eigenvalue weighted by atomic mass is 9.84. The largest absolute Gasteiger partial charge is 0.497 e. The van der Waals surface area contributed by atoms with Gasteiger partial charge < -0.3 is 19.7 Å². The lowest BCUT2D eigenvalue weighted by Gasteiger charge is -2.35. The van der Waals surface area contributed by atoms with Crippen LogP contribution in [-0.2, 0) is 25.2 Å². The van der Waals surface area contributed by atoms with Gasteiger partial charge in [-0.05, 0) is 30.3 Å². The molecule has 12 heteroatoms. The molecule has 2 saturated heterocycles. The molecule has 3 aliphatic heterocycles. The Morgan fingerprint density at radius 2 is 1.75 bits per heavy atom. The number of carbonyl (C=O) groups excluding carboxylic acids is 3. The summed E-state index contributed by atoms with van der Waals surface area (Å²) in [6.45, 7) is 0.360. The molecule has 0 radical (unpaired) electrons. The zero-order valence-corrected chi connectivity index (χ0v) is 20.5. The number of nitrogens with zero attached hydrogens (tertiary/aromatic N) is 3. The van der Waals surface area contributed by atoms with Gasteiger partial charge in [-0.25, -0.2) is 13.2 Å². The Labute approximate surface area is 208 Å². The Morgan fingerprint density at radius 3 is 2.44 bits per heavy atom. The van der Waals surface area contributed by atoms with Crippen LogP contribution in [0.3, 0.4) is 0 Å². The predicted molar refractivity (Wildman–Crippen MR) is 127 cm³/mol. The highest BCUT2D eigenvalue weighted by Crippen LogP contribution is 2.40. The van der Waals surface area contributed by atoms with Crippen molar-refractivity contribution in [1.82, 2.24) is 19.4 Å². The Hall–Kier alpha value is -3.64. The van der Waals surface area contributed by atoms with Crippen LogP contribution in [0.2, 0.25) is 0 Å². The highest BCUT2D eigenvalue weighted by Gasteiger charge is 2.55. The van der Waals surface area contributed by atoms with Gasteiger partial charge in [0.2, 0.25) is 15.9 Å². The molecular formula is C24H26N4O7S. The van der Waals surface area contributed by atoms with Crippen LogP contribution in [0.4, 0.5) is 4.79 Å². The van der Waals surface area contributed by atoms with Crippen molar-refractivity contribution >= 4 is 27.9 Å². The van der Waals surface area contributed by atoms with E-state index in [1.165, 1.54) is 28.4 Å². The maximum Gasteiger partial charge on any atom is 0.325 e. The monoisotopic (exact) mass is 514 g/mol. The zero-order chi connectivity index (χ0) is 25.5. The molecule has 4 amide bonds. The van der Waals surface area contributed by atoms with E-state index in [9.17, 15) is 22.8 Å². The van der Waals surface area contributed by atoms with E-state index in [0.717, 1.165) is 4.90 Å². The molecule has 1 atom stereocenters. The number of hydrogen-bond donors (Lipinski definition) is 1. The van der Waals surface area contributed by atoms with Crippen LogP contribution in [0.1, 0.15) is 12.0 Å². The number of para-hydroxylation sites is 1. The molecule has 1 spiro atoms. The number of piperazine rings is 1. The number of nitrogens with one attached hydrogen (secondary N) is 1. The SMILES string of the molecule is COc1ccc(S(=O)(=O)N2CCN(C(=O)CN3C(=O)N[C@@]4(CCOc5ccccc54)C3=O)CC2)cc1. The van der Waals surface area contributed by atoms with Gasteiger partial charge in [0.25, 0.3) is 5.91 Å². The first-order chi connectivity index (χ1) is 17.3. The van der Waals surface area contributed by atoms with Crippen LogP contribution in [0.5, 0.6) is 11.5 Å². The molecule has 0 saturated carbocycles. The van der Waals surface area contributed by atoms with E-state index < -0.39 is 40.0 Å². The number of ether oxygens (including phenoxy) is 2. The van der Waals surface area contributed by atoms with Crippen LogP contribution in [0.25, 0.3) is 0 Å². The van der Waals surface area contributed by atoms with Crippen LogP contribution in [0, 0.1) is 0 Å². The first-order valence-corrected chi connectivity index (χ1v) is 13.0. The predicted octanol–water partition coefficient (Wildman–Crippen LogP) is 0.758. The zero-order valence-electron chi connectivity index (χ0n) is 19.7. The lowest BCUT2D eigenvalue weighted by Crippen LogP contribution is -2.53. The number of carbonyl (C=O) groups is 3.